The van der Waals surface area contributed by atoms with Gasteiger partial charge in [-0.05, 0) is 40.2 Å². The van der Waals surface area contributed by atoms with Gasteiger partial charge in [-0.3, -0.25) is 0 Å². The van der Waals surface area contributed by atoms with Gasteiger partial charge < -0.3 is 5.11 Å². The number of halogens is 1. The summed E-state index contributed by atoms with van der Waals surface area (Å²) in [5.41, 5.74) is 0.780. The third-order valence-electron chi connectivity index (χ3n) is 1.78. The Balaban J connectivity index is 2.41. The van der Waals surface area contributed by atoms with E-state index in [4.69, 9.17) is 5.11 Å². The van der Waals surface area contributed by atoms with Crippen LogP contribution in [0.4, 0.5) is 0 Å². The number of rotatable bonds is 2. The molecule has 0 amide bonds. The zero-order valence-corrected chi connectivity index (χ0v) is 9.88. The summed E-state index contributed by atoms with van der Waals surface area (Å²) in [5, 5.41) is 8.78. The maximum absolute atomic E-state index is 10.7. The van der Waals surface area contributed by atoms with E-state index in [9.17, 15) is 4.79 Å². The molecule has 2 aromatic heterocycles. The third-order valence-corrected chi connectivity index (χ3v) is 3.32. The lowest BCUT2D eigenvalue weighted by Crippen LogP contribution is -1.89. The largest absolute Gasteiger partial charge is 0.477 e. The lowest BCUT2D eigenvalue weighted by atomic mass is 10.3. The van der Waals surface area contributed by atoms with Crippen LogP contribution in [-0.2, 0) is 0 Å². The second-order valence-corrected chi connectivity index (χ2v) is 4.71. The van der Waals surface area contributed by atoms with Crippen LogP contribution in [0.25, 0.3) is 10.6 Å². The highest BCUT2D eigenvalue weighted by Gasteiger charge is 2.08. The summed E-state index contributed by atoms with van der Waals surface area (Å²) in [6.07, 6.45) is 0. The molecule has 0 saturated carbocycles. The van der Waals surface area contributed by atoms with Crippen LogP contribution in [0, 0.1) is 0 Å². The molecule has 3 nitrogen and oxygen atoms in total. The fourth-order valence-electron chi connectivity index (χ4n) is 1.14. The number of aromatic carboxylic acids is 1. The van der Waals surface area contributed by atoms with Crippen LogP contribution in [0.2, 0.25) is 0 Å². The van der Waals surface area contributed by atoms with Gasteiger partial charge in [0.25, 0.3) is 0 Å². The van der Waals surface area contributed by atoms with Crippen LogP contribution in [0.5, 0.6) is 0 Å². The molecule has 5 heteroatoms. The van der Waals surface area contributed by atoms with E-state index in [0.717, 1.165) is 15.2 Å². The Kier molecular flexibility index (Phi) is 2.83. The van der Waals surface area contributed by atoms with Gasteiger partial charge in [0.15, 0.2) is 0 Å². The van der Waals surface area contributed by atoms with E-state index in [0.29, 0.717) is 4.88 Å². The fraction of sp³-hybridized carbons (Fsp3) is 0. The molecule has 0 aliphatic heterocycles. The minimum atomic E-state index is -0.902. The minimum Gasteiger partial charge on any atom is -0.477 e. The molecular weight excluding hydrogens is 278 g/mol. The van der Waals surface area contributed by atoms with E-state index in [2.05, 4.69) is 20.9 Å². The first kappa shape index (κ1) is 10.3. The van der Waals surface area contributed by atoms with Crippen LogP contribution in [0.1, 0.15) is 9.67 Å². The second kappa shape index (κ2) is 4.12. The third kappa shape index (κ3) is 2.24. The van der Waals surface area contributed by atoms with Gasteiger partial charge in [0.1, 0.15) is 9.48 Å². The summed E-state index contributed by atoms with van der Waals surface area (Å²) in [7, 11) is 0. The van der Waals surface area contributed by atoms with Gasteiger partial charge in [-0.15, -0.1) is 11.3 Å². The van der Waals surface area contributed by atoms with Gasteiger partial charge in [0.05, 0.1) is 10.6 Å². The van der Waals surface area contributed by atoms with Crippen molar-refractivity contribution in [1.29, 1.82) is 0 Å². The number of carbonyl (C=O) groups is 1. The first-order valence-electron chi connectivity index (χ1n) is 4.13. The fourth-order valence-corrected chi connectivity index (χ4v) is 2.29. The van der Waals surface area contributed by atoms with E-state index in [-0.39, 0.29) is 0 Å². The lowest BCUT2D eigenvalue weighted by Gasteiger charge is -1.95. The van der Waals surface area contributed by atoms with Crippen molar-refractivity contribution in [2.45, 2.75) is 0 Å². The number of nitrogens with zero attached hydrogens (tertiary/aromatic N) is 1. The average Bonchev–Trinajstić information content (AvgIpc) is 2.66. The normalized spacial score (nSPS) is 10.2. The first-order chi connectivity index (χ1) is 7.16. The molecular formula is C10H6BrNO2S. The predicted octanol–water partition coefficient (Wildman–Crippen LogP) is 3.27. The molecule has 0 aromatic carbocycles. The molecule has 0 atom stereocenters. The summed E-state index contributed by atoms with van der Waals surface area (Å²) in [6.45, 7) is 0. The summed E-state index contributed by atoms with van der Waals surface area (Å²) in [5.74, 6) is -0.902. The number of pyridine rings is 1. The van der Waals surface area contributed by atoms with Gasteiger partial charge >= 0.3 is 5.97 Å². The van der Waals surface area contributed by atoms with Gasteiger partial charge in [0.2, 0.25) is 0 Å². The minimum absolute atomic E-state index is 0.326. The SMILES string of the molecule is O=C(O)c1ccc(-c2cccc(Br)n2)s1. The van der Waals surface area contributed by atoms with Gasteiger partial charge in [-0.25, -0.2) is 9.78 Å². The van der Waals surface area contributed by atoms with Crippen LogP contribution in [0.3, 0.4) is 0 Å². The highest BCUT2D eigenvalue weighted by Crippen LogP contribution is 2.27. The number of carboxylic acid groups (broad SMARTS) is 1. The Bertz CT molecular complexity index is 510. The van der Waals surface area contributed by atoms with E-state index in [1.54, 1.807) is 12.1 Å². The molecule has 15 heavy (non-hydrogen) atoms. The lowest BCUT2D eigenvalue weighted by molar-refractivity contribution is 0.0702. The van der Waals surface area contributed by atoms with E-state index < -0.39 is 5.97 Å². The maximum Gasteiger partial charge on any atom is 0.345 e. The maximum atomic E-state index is 10.7. The van der Waals surface area contributed by atoms with Crippen molar-refractivity contribution in [2.75, 3.05) is 0 Å². The summed E-state index contributed by atoms with van der Waals surface area (Å²) in [6, 6.07) is 8.90. The first-order valence-corrected chi connectivity index (χ1v) is 5.74. The van der Waals surface area contributed by atoms with Crippen LogP contribution >= 0.6 is 27.3 Å². The Morgan fingerprint density at radius 1 is 1.33 bits per heavy atom. The van der Waals surface area contributed by atoms with Crippen molar-refractivity contribution in [2.24, 2.45) is 0 Å². The summed E-state index contributed by atoms with van der Waals surface area (Å²) in [4.78, 5) is 16.1. The molecule has 0 bridgehead atoms. The van der Waals surface area contributed by atoms with Crippen molar-refractivity contribution in [3.8, 4) is 10.6 Å². The molecule has 0 spiro atoms. The van der Waals surface area contributed by atoms with Crippen molar-refractivity contribution >= 4 is 33.2 Å². The Morgan fingerprint density at radius 3 is 2.73 bits per heavy atom. The van der Waals surface area contributed by atoms with Crippen LogP contribution in [0.15, 0.2) is 34.9 Å². The number of hydrogen-bond donors (Lipinski definition) is 1. The average molecular weight is 284 g/mol. The van der Waals surface area contributed by atoms with Crippen molar-refractivity contribution in [3.05, 3.63) is 39.8 Å². The quantitative estimate of drug-likeness (QED) is 0.861. The number of hydrogen-bond acceptors (Lipinski definition) is 3. The molecule has 0 fully saturated rings. The molecule has 0 unspecified atom stereocenters. The van der Waals surface area contributed by atoms with Crippen LogP contribution < -0.4 is 0 Å². The smallest absolute Gasteiger partial charge is 0.345 e. The molecule has 2 aromatic rings. The van der Waals surface area contributed by atoms with Crippen molar-refractivity contribution < 1.29 is 9.90 Å². The molecule has 0 aliphatic rings. The molecule has 2 rings (SSSR count). The zero-order valence-electron chi connectivity index (χ0n) is 7.48. The topological polar surface area (TPSA) is 50.2 Å². The highest BCUT2D eigenvalue weighted by molar-refractivity contribution is 9.10. The molecule has 0 aliphatic carbocycles. The molecule has 1 N–H and O–H groups in total. The number of carboxylic acids is 1. The molecule has 0 saturated heterocycles. The monoisotopic (exact) mass is 283 g/mol. The Morgan fingerprint density at radius 2 is 2.13 bits per heavy atom. The van der Waals surface area contributed by atoms with Crippen molar-refractivity contribution in [3.63, 3.8) is 0 Å². The molecule has 76 valence electrons. The molecule has 2 heterocycles. The number of aromatic nitrogens is 1. The predicted molar refractivity (Wildman–Crippen MR) is 62.2 cm³/mol. The van der Waals surface area contributed by atoms with Gasteiger partial charge in [-0.2, -0.15) is 0 Å². The van der Waals surface area contributed by atoms with E-state index >= 15 is 0 Å². The zero-order chi connectivity index (χ0) is 10.8. The second-order valence-electron chi connectivity index (χ2n) is 2.81. The van der Waals surface area contributed by atoms with E-state index in [1.807, 2.05) is 18.2 Å². The van der Waals surface area contributed by atoms with Crippen LogP contribution in [-0.4, -0.2) is 16.1 Å². The summed E-state index contributed by atoms with van der Waals surface area (Å²) < 4.78 is 0.741. The highest BCUT2D eigenvalue weighted by atomic mass is 79.9. The van der Waals surface area contributed by atoms with E-state index in [1.165, 1.54) is 11.3 Å². The summed E-state index contributed by atoms with van der Waals surface area (Å²) >= 11 is 4.49. The Hall–Kier alpha value is -1.20. The van der Waals surface area contributed by atoms with Gasteiger partial charge in [0, 0.05) is 0 Å². The Labute approximate surface area is 98.5 Å². The van der Waals surface area contributed by atoms with Gasteiger partial charge in [-0.1, -0.05) is 6.07 Å². The number of thiophene rings is 1. The molecule has 0 radical (unpaired) electrons. The van der Waals surface area contributed by atoms with Crippen molar-refractivity contribution in [1.82, 2.24) is 4.98 Å². The standard InChI is InChI=1S/C10H6BrNO2S/c11-9-3-1-2-6(12-9)7-4-5-8(15-7)10(13)14/h1-5H,(H,13,14).